The van der Waals surface area contributed by atoms with E-state index in [2.05, 4.69) is 26.2 Å². The monoisotopic (exact) mass is 420 g/mol. The van der Waals surface area contributed by atoms with Crippen LogP contribution in [-0.4, -0.2) is 20.3 Å². The minimum Gasteiger partial charge on any atom is -0.322 e. The van der Waals surface area contributed by atoms with Crippen molar-refractivity contribution in [1.82, 2.24) is 14.4 Å². The van der Waals surface area contributed by atoms with Crippen LogP contribution >= 0.6 is 15.9 Å². The lowest BCUT2D eigenvalue weighted by Gasteiger charge is -2.10. The first-order valence-corrected chi connectivity index (χ1v) is 9.28. The Labute approximate surface area is 165 Å². The Morgan fingerprint density at radius 1 is 1.11 bits per heavy atom. The molecule has 0 fully saturated rings. The number of anilines is 1. The molecule has 134 valence electrons. The second kappa shape index (κ2) is 6.96. The summed E-state index contributed by atoms with van der Waals surface area (Å²) in [4.78, 5) is 21.3. The van der Waals surface area contributed by atoms with Crippen LogP contribution in [0.15, 0.2) is 65.7 Å². The minimum absolute atomic E-state index is 0.199. The number of nitrogens with zero attached hydrogens (tertiary/aromatic N) is 3. The van der Waals surface area contributed by atoms with Gasteiger partial charge in [-0.25, -0.2) is 4.98 Å². The number of aryl methyl sites for hydroxylation is 2. The van der Waals surface area contributed by atoms with Gasteiger partial charge in [0.15, 0.2) is 0 Å². The zero-order chi connectivity index (χ0) is 19.0. The maximum absolute atomic E-state index is 12.6. The highest BCUT2D eigenvalue weighted by Crippen LogP contribution is 2.26. The first-order valence-electron chi connectivity index (χ1n) is 8.48. The quantitative estimate of drug-likeness (QED) is 0.505. The third-order valence-electron chi connectivity index (χ3n) is 4.43. The number of aromatic nitrogens is 3. The molecule has 1 amide bonds. The molecule has 0 aliphatic heterocycles. The predicted molar refractivity (Wildman–Crippen MR) is 110 cm³/mol. The van der Waals surface area contributed by atoms with Crippen LogP contribution in [0.3, 0.4) is 0 Å². The van der Waals surface area contributed by atoms with Gasteiger partial charge in [-0.05, 0) is 59.1 Å². The molecule has 0 saturated carbocycles. The van der Waals surface area contributed by atoms with E-state index < -0.39 is 0 Å². The van der Waals surface area contributed by atoms with E-state index in [0.29, 0.717) is 5.56 Å². The summed E-state index contributed by atoms with van der Waals surface area (Å²) in [5.74, 6) is -0.199. The van der Waals surface area contributed by atoms with Gasteiger partial charge in [0.25, 0.3) is 5.91 Å². The maximum atomic E-state index is 12.6. The van der Waals surface area contributed by atoms with Crippen LogP contribution in [-0.2, 0) is 0 Å². The number of amides is 1. The van der Waals surface area contributed by atoms with Crippen molar-refractivity contribution >= 4 is 33.2 Å². The summed E-state index contributed by atoms with van der Waals surface area (Å²) < 4.78 is 2.77. The summed E-state index contributed by atoms with van der Waals surface area (Å²) in [7, 11) is 0. The van der Waals surface area contributed by atoms with Crippen molar-refractivity contribution in [3.8, 4) is 11.3 Å². The molecule has 4 rings (SSSR count). The summed E-state index contributed by atoms with van der Waals surface area (Å²) in [6.45, 7) is 4.01. The van der Waals surface area contributed by atoms with E-state index in [1.54, 1.807) is 18.5 Å². The number of hydrogen-bond donors (Lipinski definition) is 1. The van der Waals surface area contributed by atoms with Gasteiger partial charge in [0.2, 0.25) is 0 Å². The number of rotatable bonds is 3. The molecule has 0 unspecified atom stereocenters. The molecule has 0 saturated heterocycles. The first-order chi connectivity index (χ1) is 13.0. The van der Waals surface area contributed by atoms with Crippen LogP contribution in [0.4, 0.5) is 5.69 Å². The standard InChI is InChI=1S/C21H17BrN4O/c1-13-5-6-15(19-12-26-7-3-4-14(2)20(26)24-19)9-18(13)25-21(27)16-8-17(22)11-23-10-16/h3-12H,1-2H3,(H,25,27). The molecule has 4 aromatic rings. The molecule has 3 aromatic heterocycles. The van der Waals surface area contributed by atoms with Gasteiger partial charge in [-0.1, -0.05) is 18.2 Å². The Balaban J connectivity index is 1.68. The van der Waals surface area contributed by atoms with Gasteiger partial charge in [0.05, 0.1) is 11.3 Å². The molecule has 6 heteroatoms. The molecule has 0 radical (unpaired) electrons. The largest absolute Gasteiger partial charge is 0.322 e. The molecule has 0 atom stereocenters. The van der Waals surface area contributed by atoms with E-state index in [1.807, 2.05) is 61.0 Å². The van der Waals surface area contributed by atoms with Gasteiger partial charge in [-0.2, -0.15) is 0 Å². The first kappa shape index (κ1) is 17.4. The predicted octanol–water partition coefficient (Wildman–Crippen LogP) is 5.03. The molecule has 1 aromatic carbocycles. The fourth-order valence-electron chi connectivity index (χ4n) is 2.94. The number of nitrogens with one attached hydrogen (secondary N) is 1. The Hall–Kier alpha value is -2.99. The molecular weight excluding hydrogens is 404 g/mol. The van der Waals surface area contributed by atoms with Crippen molar-refractivity contribution in [2.24, 2.45) is 0 Å². The lowest BCUT2D eigenvalue weighted by atomic mass is 10.1. The molecule has 1 N–H and O–H groups in total. The second-order valence-corrected chi connectivity index (χ2v) is 7.34. The molecule has 0 aliphatic carbocycles. The zero-order valence-electron chi connectivity index (χ0n) is 14.9. The van der Waals surface area contributed by atoms with Crippen LogP contribution in [0.5, 0.6) is 0 Å². The van der Waals surface area contributed by atoms with Crippen LogP contribution in [0.2, 0.25) is 0 Å². The highest BCUT2D eigenvalue weighted by atomic mass is 79.9. The summed E-state index contributed by atoms with van der Waals surface area (Å²) in [6.07, 6.45) is 7.17. The minimum atomic E-state index is -0.199. The number of benzene rings is 1. The summed E-state index contributed by atoms with van der Waals surface area (Å²) in [5, 5.41) is 2.97. The van der Waals surface area contributed by atoms with Crippen molar-refractivity contribution in [3.05, 3.63) is 82.3 Å². The summed E-state index contributed by atoms with van der Waals surface area (Å²) in [6, 6.07) is 11.7. The number of pyridine rings is 2. The van der Waals surface area contributed by atoms with Crippen LogP contribution in [0.25, 0.3) is 16.9 Å². The fourth-order valence-corrected chi connectivity index (χ4v) is 3.30. The molecular formula is C21H17BrN4O. The molecule has 0 aliphatic rings. The number of imidazole rings is 1. The van der Waals surface area contributed by atoms with E-state index in [9.17, 15) is 4.79 Å². The van der Waals surface area contributed by atoms with E-state index >= 15 is 0 Å². The number of fused-ring (bicyclic) bond motifs is 1. The normalized spacial score (nSPS) is 10.9. The summed E-state index contributed by atoms with van der Waals surface area (Å²) >= 11 is 3.34. The smallest absolute Gasteiger partial charge is 0.257 e. The van der Waals surface area contributed by atoms with Crippen molar-refractivity contribution in [1.29, 1.82) is 0 Å². The van der Waals surface area contributed by atoms with Crippen LogP contribution < -0.4 is 5.32 Å². The van der Waals surface area contributed by atoms with E-state index in [4.69, 9.17) is 4.98 Å². The van der Waals surface area contributed by atoms with Crippen molar-refractivity contribution in [2.75, 3.05) is 5.32 Å². The molecule has 0 bridgehead atoms. The average Bonchev–Trinajstić information content (AvgIpc) is 3.09. The fraction of sp³-hybridized carbons (Fsp3) is 0.0952. The lowest BCUT2D eigenvalue weighted by Crippen LogP contribution is -2.13. The Morgan fingerprint density at radius 2 is 1.96 bits per heavy atom. The molecule has 5 nitrogen and oxygen atoms in total. The Morgan fingerprint density at radius 3 is 2.74 bits per heavy atom. The summed E-state index contributed by atoms with van der Waals surface area (Å²) in [5.41, 5.74) is 6.10. The Bertz CT molecular complexity index is 1170. The van der Waals surface area contributed by atoms with E-state index in [0.717, 1.165) is 38.2 Å². The topological polar surface area (TPSA) is 59.3 Å². The van der Waals surface area contributed by atoms with Crippen LogP contribution in [0, 0.1) is 13.8 Å². The maximum Gasteiger partial charge on any atom is 0.257 e. The van der Waals surface area contributed by atoms with Gasteiger partial charge in [-0.3, -0.25) is 9.78 Å². The molecule has 27 heavy (non-hydrogen) atoms. The average molecular weight is 421 g/mol. The van der Waals surface area contributed by atoms with Crippen molar-refractivity contribution in [3.63, 3.8) is 0 Å². The van der Waals surface area contributed by atoms with E-state index in [-0.39, 0.29) is 5.91 Å². The van der Waals surface area contributed by atoms with Crippen molar-refractivity contribution in [2.45, 2.75) is 13.8 Å². The van der Waals surface area contributed by atoms with E-state index in [1.165, 1.54) is 0 Å². The molecule has 0 spiro atoms. The van der Waals surface area contributed by atoms with Crippen LogP contribution in [0.1, 0.15) is 21.5 Å². The van der Waals surface area contributed by atoms with Gasteiger partial charge in [-0.15, -0.1) is 0 Å². The second-order valence-electron chi connectivity index (χ2n) is 6.42. The third-order valence-corrected chi connectivity index (χ3v) is 4.86. The SMILES string of the molecule is Cc1ccc(-c2cn3cccc(C)c3n2)cc1NC(=O)c1cncc(Br)c1. The molecule has 3 heterocycles. The number of halogens is 1. The van der Waals surface area contributed by atoms with Gasteiger partial charge < -0.3 is 9.72 Å². The number of hydrogen-bond acceptors (Lipinski definition) is 3. The number of carbonyl (C=O) groups excluding carboxylic acids is 1. The zero-order valence-corrected chi connectivity index (χ0v) is 16.5. The Kier molecular flexibility index (Phi) is 4.49. The highest BCUT2D eigenvalue weighted by Gasteiger charge is 2.12. The van der Waals surface area contributed by atoms with Crippen molar-refractivity contribution < 1.29 is 4.79 Å². The highest BCUT2D eigenvalue weighted by molar-refractivity contribution is 9.10. The lowest BCUT2D eigenvalue weighted by molar-refractivity contribution is 0.102. The number of carbonyl (C=O) groups is 1. The van der Waals surface area contributed by atoms with Gasteiger partial charge in [0, 0.05) is 40.5 Å². The van der Waals surface area contributed by atoms with Gasteiger partial charge >= 0.3 is 0 Å². The third kappa shape index (κ3) is 3.48. The van der Waals surface area contributed by atoms with Gasteiger partial charge in [0.1, 0.15) is 5.65 Å².